The highest BCUT2D eigenvalue weighted by molar-refractivity contribution is 8.26. The Bertz CT molecular complexity index is 1140. The summed E-state index contributed by atoms with van der Waals surface area (Å²) in [6, 6.07) is 24.1. The fourth-order valence-corrected chi connectivity index (χ4v) is 3.99. The van der Waals surface area contributed by atoms with Crippen LogP contribution in [-0.2, 0) is 11.4 Å². The maximum absolute atomic E-state index is 12.5. The summed E-state index contributed by atoms with van der Waals surface area (Å²) in [5, 5.41) is 2.60. The number of ketones is 1. The van der Waals surface area contributed by atoms with Crippen LogP contribution in [0.3, 0.4) is 0 Å². The van der Waals surface area contributed by atoms with Crippen LogP contribution in [0, 0.1) is 0 Å². The number of carbonyl (C=O) groups excluding carboxylic acids is 2. The number of rotatable bonds is 6. The van der Waals surface area contributed by atoms with Gasteiger partial charge in [-0.15, -0.1) is 0 Å². The van der Waals surface area contributed by atoms with Gasteiger partial charge in [-0.2, -0.15) is 0 Å². The molecule has 30 heavy (non-hydrogen) atoms. The first-order valence-electron chi connectivity index (χ1n) is 9.25. The first-order chi connectivity index (χ1) is 14.6. The van der Waals surface area contributed by atoms with E-state index in [2.05, 4.69) is 5.32 Å². The molecule has 0 radical (unpaired) electrons. The second kappa shape index (κ2) is 9.07. The number of thiocarbonyl (C=S) groups is 1. The highest BCUT2D eigenvalue weighted by Gasteiger charge is 2.21. The molecule has 1 aliphatic rings. The molecule has 0 spiro atoms. The molecule has 1 fully saturated rings. The van der Waals surface area contributed by atoms with Crippen LogP contribution in [0.15, 0.2) is 83.8 Å². The standard InChI is InChI=1S/C24H17NO3S2/c26-22(18-6-2-1-3-7-18)19-11-9-16(10-12-19)15-28-20-8-4-5-17(13-20)14-21-23(27)25-24(29)30-21/h1-14H,15H2,(H,25,27,29). The summed E-state index contributed by atoms with van der Waals surface area (Å²) in [6.07, 6.45) is 1.79. The minimum absolute atomic E-state index is 0.00268. The molecule has 1 N–H and O–H groups in total. The minimum atomic E-state index is -0.179. The third-order valence-electron chi connectivity index (χ3n) is 4.46. The van der Waals surface area contributed by atoms with Crippen molar-refractivity contribution in [3.05, 3.63) is 106 Å². The number of ether oxygens (including phenoxy) is 1. The van der Waals surface area contributed by atoms with E-state index in [4.69, 9.17) is 17.0 Å². The van der Waals surface area contributed by atoms with Crippen molar-refractivity contribution in [3.63, 3.8) is 0 Å². The summed E-state index contributed by atoms with van der Waals surface area (Å²) in [5.41, 5.74) is 3.13. The summed E-state index contributed by atoms with van der Waals surface area (Å²) < 4.78 is 6.35. The Morgan fingerprint density at radius 2 is 1.70 bits per heavy atom. The maximum Gasteiger partial charge on any atom is 0.263 e. The van der Waals surface area contributed by atoms with E-state index in [1.807, 2.05) is 78.9 Å². The van der Waals surface area contributed by atoms with E-state index in [9.17, 15) is 9.59 Å². The van der Waals surface area contributed by atoms with Crippen LogP contribution < -0.4 is 10.1 Å². The SMILES string of the molecule is O=C1NC(=S)SC1=Cc1cccc(OCc2ccc(C(=O)c3ccccc3)cc2)c1. The Labute approximate surface area is 184 Å². The van der Waals surface area contributed by atoms with Gasteiger partial charge in [0.05, 0.1) is 4.91 Å². The average Bonchev–Trinajstić information content (AvgIpc) is 3.09. The number of hydrogen-bond acceptors (Lipinski definition) is 5. The molecule has 0 atom stereocenters. The predicted molar refractivity (Wildman–Crippen MR) is 123 cm³/mol. The summed E-state index contributed by atoms with van der Waals surface area (Å²) in [5.74, 6) is 0.512. The lowest BCUT2D eigenvalue weighted by molar-refractivity contribution is -0.115. The van der Waals surface area contributed by atoms with Crippen molar-refractivity contribution in [2.45, 2.75) is 6.61 Å². The highest BCUT2D eigenvalue weighted by Crippen LogP contribution is 2.27. The predicted octanol–water partition coefficient (Wildman–Crippen LogP) is 4.99. The number of benzene rings is 3. The minimum Gasteiger partial charge on any atom is -0.489 e. The molecule has 1 amide bonds. The molecule has 6 heteroatoms. The van der Waals surface area contributed by atoms with Crippen LogP contribution >= 0.6 is 24.0 Å². The van der Waals surface area contributed by atoms with E-state index in [1.165, 1.54) is 11.8 Å². The summed E-state index contributed by atoms with van der Waals surface area (Å²) in [7, 11) is 0. The Hall–Kier alpha value is -3.22. The quantitative estimate of drug-likeness (QED) is 0.339. The first kappa shape index (κ1) is 20.1. The molecule has 3 aromatic carbocycles. The van der Waals surface area contributed by atoms with Crippen molar-refractivity contribution < 1.29 is 14.3 Å². The molecule has 0 bridgehead atoms. The van der Waals surface area contributed by atoms with Gasteiger partial charge in [0.2, 0.25) is 0 Å². The molecule has 148 valence electrons. The van der Waals surface area contributed by atoms with Gasteiger partial charge in [-0.05, 0) is 29.3 Å². The fourth-order valence-electron chi connectivity index (χ4n) is 2.94. The van der Waals surface area contributed by atoms with E-state index in [1.54, 1.807) is 6.08 Å². The Kier molecular flexibility index (Phi) is 6.07. The van der Waals surface area contributed by atoms with Crippen molar-refractivity contribution in [2.24, 2.45) is 0 Å². The Balaban J connectivity index is 1.40. The van der Waals surface area contributed by atoms with Crippen LogP contribution in [0.25, 0.3) is 6.08 Å². The van der Waals surface area contributed by atoms with Crippen LogP contribution in [0.2, 0.25) is 0 Å². The van der Waals surface area contributed by atoms with Crippen molar-refractivity contribution in [3.8, 4) is 5.75 Å². The monoisotopic (exact) mass is 431 g/mol. The Morgan fingerprint density at radius 3 is 2.40 bits per heavy atom. The van der Waals surface area contributed by atoms with E-state index < -0.39 is 0 Å². The molecule has 3 aromatic rings. The number of amides is 1. The van der Waals surface area contributed by atoms with E-state index in [-0.39, 0.29) is 11.7 Å². The second-order valence-corrected chi connectivity index (χ2v) is 8.32. The summed E-state index contributed by atoms with van der Waals surface area (Å²) in [6.45, 7) is 0.374. The average molecular weight is 432 g/mol. The van der Waals surface area contributed by atoms with Gasteiger partial charge in [-0.3, -0.25) is 9.59 Å². The zero-order valence-electron chi connectivity index (χ0n) is 15.8. The van der Waals surface area contributed by atoms with Gasteiger partial charge in [0.15, 0.2) is 5.78 Å². The molecular weight excluding hydrogens is 414 g/mol. The van der Waals surface area contributed by atoms with Crippen LogP contribution in [0.1, 0.15) is 27.0 Å². The van der Waals surface area contributed by atoms with Crippen LogP contribution in [0.5, 0.6) is 5.75 Å². The van der Waals surface area contributed by atoms with E-state index >= 15 is 0 Å². The summed E-state index contributed by atoms with van der Waals surface area (Å²) >= 11 is 6.26. The maximum atomic E-state index is 12.5. The van der Waals surface area contributed by atoms with Crippen LogP contribution in [0.4, 0.5) is 0 Å². The molecule has 0 aliphatic carbocycles. The summed E-state index contributed by atoms with van der Waals surface area (Å²) in [4.78, 5) is 24.9. The van der Waals surface area contributed by atoms with Gasteiger partial charge >= 0.3 is 0 Å². The first-order valence-corrected chi connectivity index (χ1v) is 10.5. The van der Waals surface area contributed by atoms with E-state index in [0.717, 1.165) is 11.1 Å². The molecular formula is C24H17NO3S2. The van der Waals surface area contributed by atoms with Crippen molar-refractivity contribution in [2.75, 3.05) is 0 Å². The topological polar surface area (TPSA) is 55.4 Å². The van der Waals surface area contributed by atoms with Crippen LogP contribution in [-0.4, -0.2) is 16.0 Å². The lowest BCUT2D eigenvalue weighted by Crippen LogP contribution is -2.17. The third-order valence-corrected chi connectivity index (χ3v) is 5.62. The smallest absolute Gasteiger partial charge is 0.263 e. The number of thioether (sulfide) groups is 1. The third kappa shape index (κ3) is 4.84. The molecule has 0 saturated carbocycles. The zero-order chi connectivity index (χ0) is 20.9. The molecule has 4 nitrogen and oxygen atoms in total. The van der Waals surface area contributed by atoms with Gasteiger partial charge in [0.1, 0.15) is 16.7 Å². The number of nitrogens with one attached hydrogen (secondary N) is 1. The molecule has 1 aliphatic heterocycles. The van der Waals surface area contributed by atoms with E-state index in [0.29, 0.717) is 32.7 Å². The van der Waals surface area contributed by atoms with Gasteiger partial charge in [0.25, 0.3) is 5.91 Å². The van der Waals surface area contributed by atoms with Crippen molar-refractivity contribution in [1.29, 1.82) is 0 Å². The molecule has 0 unspecified atom stereocenters. The lowest BCUT2D eigenvalue weighted by Gasteiger charge is -2.08. The van der Waals surface area contributed by atoms with Gasteiger partial charge < -0.3 is 10.1 Å². The molecule has 1 heterocycles. The Morgan fingerprint density at radius 1 is 0.967 bits per heavy atom. The largest absolute Gasteiger partial charge is 0.489 e. The second-order valence-electron chi connectivity index (χ2n) is 6.61. The van der Waals surface area contributed by atoms with Crippen molar-refractivity contribution in [1.82, 2.24) is 5.32 Å². The van der Waals surface area contributed by atoms with Gasteiger partial charge in [-0.1, -0.05) is 90.7 Å². The number of hydrogen-bond donors (Lipinski definition) is 1. The fraction of sp³-hybridized carbons (Fsp3) is 0.0417. The molecule has 1 saturated heterocycles. The lowest BCUT2D eigenvalue weighted by atomic mass is 10.0. The normalized spacial score (nSPS) is 14.6. The molecule has 4 rings (SSSR count). The highest BCUT2D eigenvalue weighted by atomic mass is 32.2. The molecule has 0 aromatic heterocycles. The van der Waals surface area contributed by atoms with Crippen molar-refractivity contribution >= 4 is 46.1 Å². The van der Waals surface area contributed by atoms with Gasteiger partial charge in [0, 0.05) is 11.1 Å². The van der Waals surface area contributed by atoms with Gasteiger partial charge in [-0.25, -0.2) is 0 Å². The zero-order valence-corrected chi connectivity index (χ0v) is 17.5. The number of carbonyl (C=O) groups is 2.